The second-order valence-corrected chi connectivity index (χ2v) is 12.0. The number of Topliss-reactive ketones (excluding diaryl/α,β-unsaturated/α-hetero) is 1. The number of pyridine rings is 1. The highest BCUT2D eigenvalue weighted by Gasteiger charge is 2.66. The smallest absolute Gasteiger partial charge is 0.296 e. The summed E-state index contributed by atoms with van der Waals surface area (Å²) in [6, 6.07) is 15.7. The molecule has 2 fully saturated rings. The van der Waals surface area contributed by atoms with Crippen LogP contribution in [0.15, 0.2) is 83.5 Å². The maximum Gasteiger partial charge on any atom is 0.296 e. The fourth-order valence-electron chi connectivity index (χ4n) is 5.87. The van der Waals surface area contributed by atoms with Gasteiger partial charge in [0.15, 0.2) is 5.54 Å². The van der Waals surface area contributed by atoms with Crippen LogP contribution >= 0.6 is 0 Å². The number of rotatable bonds is 5. The van der Waals surface area contributed by atoms with E-state index in [0.717, 1.165) is 12.8 Å². The molecule has 1 N–H and O–H groups in total. The number of aliphatic hydroxyl groups is 1. The summed E-state index contributed by atoms with van der Waals surface area (Å²) < 4.78 is 27.4. The number of likely N-dealkylation sites (N-methyl/N-ethyl adjacent to an activating group) is 1. The van der Waals surface area contributed by atoms with Gasteiger partial charge in [0, 0.05) is 55.9 Å². The molecule has 1 aromatic heterocycles. The van der Waals surface area contributed by atoms with Crippen molar-refractivity contribution < 1.29 is 27.9 Å². The van der Waals surface area contributed by atoms with E-state index < -0.39 is 38.9 Å². The molecule has 1 unspecified atom stereocenters. The molecular weight excluding hydrogens is 532 g/mol. The summed E-state index contributed by atoms with van der Waals surface area (Å²) in [5, 5.41) is 11.6. The standard InChI is InChI=1S/C29H26N4O6S/c1-31-23-9-3-2-8-22(23)29(28(31)37)24(26(35)27(36)33(29)18-19-7-6-14-30-17-19)25(34)20-10-12-21(13-11-20)40(38,39)32-15-4-5-16-32/h2-3,6-14,17,34H,4-5,15-16,18H2,1H3/b25-24+. The van der Waals surface area contributed by atoms with Crippen molar-refractivity contribution >= 4 is 39.1 Å². The molecule has 0 radical (unpaired) electrons. The number of nitrogens with zero attached hydrogens (tertiary/aromatic N) is 4. The Morgan fingerprint density at radius 2 is 1.68 bits per heavy atom. The zero-order valence-electron chi connectivity index (χ0n) is 21.6. The second-order valence-electron chi connectivity index (χ2n) is 10.0. The van der Waals surface area contributed by atoms with Crippen molar-refractivity contribution in [2.24, 2.45) is 0 Å². The molecule has 3 aliphatic heterocycles. The van der Waals surface area contributed by atoms with Crippen LogP contribution < -0.4 is 4.90 Å². The molecule has 4 heterocycles. The van der Waals surface area contributed by atoms with Gasteiger partial charge < -0.3 is 14.9 Å². The van der Waals surface area contributed by atoms with Crippen LogP contribution in [0.4, 0.5) is 5.69 Å². The number of ketones is 1. The molecule has 3 aromatic rings. The third kappa shape index (κ3) is 3.61. The van der Waals surface area contributed by atoms with Gasteiger partial charge in [0.05, 0.1) is 10.5 Å². The Hall–Kier alpha value is -4.35. The predicted octanol–water partition coefficient (Wildman–Crippen LogP) is 2.62. The number of carbonyl (C=O) groups is 3. The van der Waals surface area contributed by atoms with Crippen LogP contribution in [-0.4, -0.2) is 65.4 Å². The van der Waals surface area contributed by atoms with Gasteiger partial charge in [-0.15, -0.1) is 0 Å². The maximum absolute atomic E-state index is 14.1. The van der Waals surface area contributed by atoms with Crippen LogP contribution in [0.5, 0.6) is 0 Å². The minimum absolute atomic E-state index is 0.0553. The number of aliphatic hydroxyl groups excluding tert-OH is 1. The van der Waals surface area contributed by atoms with E-state index in [-0.39, 0.29) is 22.6 Å². The number of para-hydroxylation sites is 1. The first-order valence-electron chi connectivity index (χ1n) is 12.9. The first kappa shape index (κ1) is 25.9. The van der Waals surface area contributed by atoms with E-state index in [9.17, 15) is 27.9 Å². The summed E-state index contributed by atoms with van der Waals surface area (Å²) in [7, 11) is -2.15. The summed E-state index contributed by atoms with van der Waals surface area (Å²) in [5.41, 5.74) is -0.680. The maximum atomic E-state index is 14.1. The van der Waals surface area contributed by atoms with Crippen molar-refractivity contribution in [1.82, 2.24) is 14.2 Å². The number of fused-ring (bicyclic) bond motifs is 2. The molecule has 1 spiro atoms. The number of amides is 2. The Balaban J connectivity index is 1.53. The van der Waals surface area contributed by atoms with Crippen molar-refractivity contribution in [3.63, 3.8) is 0 Å². The van der Waals surface area contributed by atoms with Gasteiger partial charge >= 0.3 is 0 Å². The van der Waals surface area contributed by atoms with E-state index in [2.05, 4.69) is 4.98 Å². The number of carbonyl (C=O) groups excluding carboxylic acids is 3. The highest BCUT2D eigenvalue weighted by Crippen LogP contribution is 2.53. The Kier molecular flexibility index (Phi) is 6.08. The summed E-state index contributed by atoms with van der Waals surface area (Å²) in [5.74, 6) is -3.06. The Morgan fingerprint density at radius 1 is 0.975 bits per heavy atom. The van der Waals surface area contributed by atoms with Crippen LogP contribution in [0.2, 0.25) is 0 Å². The van der Waals surface area contributed by atoms with Gasteiger partial charge in [-0.05, 0) is 54.8 Å². The Morgan fingerprint density at radius 3 is 2.35 bits per heavy atom. The molecule has 204 valence electrons. The minimum Gasteiger partial charge on any atom is -0.507 e. The Labute approximate surface area is 231 Å². The number of benzene rings is 2. The van der Waals surface area contributed by atoms with Crippen molar-refractivity contribution in [1.29, 1.82) is 0 Å². The molecular formula is C29H26N4O6S. The van der Waals surface area contributed by atoms with Crippen LogP contribution in [0, 0.1) is 0 Å². The second kappa shape index (κ2) is 9.39. The normalized spacial score (nSPS) is 22.5. The lowest BCUT2D eigenvalue weighted by atomic mass is 9.81. The van der Waals surface area contributed by atoms with E-state index in [4.69, 9.17) is 0 Å². The van der Waals surface area contributed by atoms with Crippen molar-refractivity contribution in [2.75, 3.05) is 25.0 Å². The molecule has 40 heavy (non-hydrogen) atoms. The van der Waals surface area contributed by atoms with E-state index in [1.54, 1.807) is 55.8 Å². The van der Waals surface area contributed by atoms with Crippen LogP contribution in [0.25, 0.3) is 5.76 Å². The van der Waals surface area contributed by atoms with E-state index in [1.165, 1.54) is 38.4 Å². The summed E-state index contributed by atoms with van der Waals surface area (Å²) in [6.07, 6.45) is 4.70. The minimum atomic E-state index is -3.70. The van der Waals surface area contributed by atoms with Gasteiger partial charge in [0.25, 0.3) is 17.6 Å². The fourth-order valence-corrected chi connectivity index (χ4v) is 7.39. The number of hydrogen-bond donors (Lipinski definition) is 1. The first-order valence-corrected chi connectivity index (χ1v) is 14.3. The molecule has 10 nitrogen and oxygen atoms in total. The number of aromatic nitrogens is 1. The Bertz CT molecular complexity index is 1680. The monoisotopic (exact) mass is 558 g/mol. The predicted molar refractivity (Wildman–Crippen MR) is 145 cm³/mol. The summed E-state index contributed by atoms with van der Waals surface area (Å²) in [4.78, 5) is 48.0. The molecule has 3 aliphatic rings. The molecule has 0 saturated carbocycles. The zero-order chi connectivity index (χ0) is 28.2. The van der Waals surface area contributed by atoms with Crippen molar-refractivity contribution in [2.45, 2.75) is 29.8 Å². The topological polar surface area (TPSA) is 128 Å². The summed E-state index contributed by atoms with van der Waals surface area (Å²) in [6.45, 7) is 0.788. The van der Waals surface area contributed by atoms with Gasteiger partial charge in [0.1, 0.15) is 5.76 Å². The highest BCUT2D eigenvalue weighted by atomic mass is 32.2. The van der Waals surface area contributed by atoms with Gasteiger partial charge in [-0.2, -0.15) is 4.31 Å². The van der Waals surface area contributed by atoms with Crippen molar-refractivity contribution in [3.05, 3.63) is 95.3 Å². The van der Waals surface area contributed by atoms with Gasteiger partial charge in [-0.25, -0.2) is 8.42 Å². The quantitative estimate of drug-likeness (QED) is 0.290. The molecule has 6 rings (SSSR count). The molecule has 2 aromatic carbocycles. The fraction of sp³-hybridized carbons (Fsp3) is 0.241. The van der Waals surface area contributed by atoms with Gasteiger partial charge in [-0.1, -0.05) is 24.3 Å². The van der Waals surface area contributed by atoms with E-state index in [0.29, 0.717) is 29.9 Å². The average Bonchev–Trinajstić information content (AvgIpc) is 3.65. The van der Waals surface area contributed by atoms with Gasteiger partial charge in [-0.3, -0.25) is 19.4 Å². The van der Waals surface area contributed by atoms with E-state index >= 15 is 0 Å². The van der Waals surface area contributed by atoms with Crippen molar-refractivity contribution in [3.8, 4) is 0 Å². The summed E-state index contributed by atoms with van der Waals surface area (Å²) >= 11 is 0. The lowest BCUT2D eigenvalue weighted by molar-refractivity contribution is -0.144. The molecule has 2 amide bonds. The lowest BCUT2D eigenvalue weighted by Gasteiger charge is -2.34. The van der Waals surface area contributed by atoms with Gasteiger partial charge in [0.2, 0.25) is 10.0 Å². The number of likely N-dealkylation sites (tertiary alicyclic amines) is 1. The third-order valence-electron chi connectivity index (χ3n) is 7.83. The van der Waals surface area contributed by atoms with Crippen LogP contribution in [-0.2, 0) is 36.5 Å². The lowest BCUT2D eigenvalue weighted by Crippen LogP contribution is -2.50. The zero-order valence-corrected chi connectivity index (χ0v) is 22.5. The molecule has 11 heteroatoms. The number of anilines is 1. The molecule has 2 saturated heterocycles. The van der Waals surface area contributed by atoms with Crippen LogP contribution in [0.1, 0.15) is 29.5 Å². The molecule has 0 aliphatic carbocycles. The number of hydrogen-bond acceptors (Lipinski definition) is 7. The average molecular weight is 559 g/mol. The molecule has 0 bridgehead atoms. The first-order chi connectivity index (χ1) is 19.2. The third-order valence-corrected chi connectivity index (χ3v) is 9.75. The van der Waals surface area contributed by atoms with Crippen LogP contribution in [0.3, 0.4) is 0 Å². The number of sulfonamides is 1. The molecule has 1 atom stereocenters. The highest BCUT2D eigenvalue weighted by molar-refractivity contribution is 7.89. The largest absolute Gasteiger partial charge is 0.507 e. The van der Waals surface area contributed by atoms with E-state index in [1.807, 2.05) is 0 Å². The SMILES string of the molecule is CN1C(=O)C2(/C(=C(/O)c3ccc(S(=O)(=O)N4CCCC4)cc3)C(=O)C(=O)N2Cc2cccnc2)c2ccccc21.